The smallest absolute Gasteiger partial charge is 0.305 e. The van der Waals surface area contributed by atoms with E-state index in [1.165, 1.54) is 0 Å². The van der Waals surface area contributed by atoms with Crippen molar-refractivity contribution in [3.05, 3.63) is 37.5 Å². The Balaban J connectivity index is 2.64. The van der Waals surface area contributed by atoms with Gasteiger partial charge in [-0.2, -0.15) is 5.10 Å². The lowest BCUT2D eigenvalue weighted by atomic mass is 10.3. The second kappa shape index (κ2) is 3.02. The van der Waals surface area contributed by atoms with Gasteiger partial charge in [0.15, 0.2) is 0 Å². The lowest BCUT2D eigenvalue weighted by molar-refractivity contribution is 1.09. The van der Waals surface area contributed by atoms with Gasteiger partial charge in [0.25, 0.3) is 0 Å². The number of aromatic nitrogens is 3. The Hall–Kier alpha value is -1.62. The topological polar surface area (TPSA) is 61.5 Å². The van der Waals surface area contributed by atoms with E-state index in [0.29, 0.717) is 5.35 Å². The second-order valence-electron chi connectivity index (χ2n) is 2.53. The van der Waals surface area contributed by atoms with Crippen molar-refractivity contribution in [2.24, 2.45) is 0 Å². The van der Waals surface area contributed by atoms with E-state index < -0.39 is 0 Å². The van der Waals surface area contributed by atoms with Gasteiger partial charge >= 0.3 is 4.87 Å². The molecule has 66 valence electrons. The Morgan fingerprint density at radius 3 is 3.00 bits per heavy atom. The maximum atomic E-state index is 10.9. The second-order valence-corrected chi connectivity index (χ2v) is 3.55. The molecule has 2 rings (SSSR count). The van der Waals surface area contributed by atoms with Crippen LogP contribution in [0.3, 0.4) is 0 Å². The van der Waals surface area contributed by atoms with Crippen LogP contribution in [0, 0.1) is 0 Å². The molecule has 0 amide bonds. The average Bonchev–Trinajstić information content (AvgIpc) is 2.63. The van der Waals surface area contributed by atoms with E-state index in [-0.39, 0.29) is 4.87 Å². The van der Waals surface area contributed by atoms with Crippen LogP contribution >= 0.6 is 11.3 Å². The first-order valence-corrected chi connectivity index (χ1v) is 4.46. The van der Waals surface area contributed by atoms with Crippen molar-refractivity contribution >= 4 is 24.0 Å². The minimum atomic E-state index is -0.0836. The van der Waals surface area contributed by atoms with Gasteiger partial charge in [-0.25, -0.2) is 0 Å². The van der Waals surface area contributed by atoms with Crippen molar-refractivity contribution in [3.63, 3.8) is 0 Å². The quantitative estimate of drug-likeness (QED) is 0.635. The highest BCUT2D eigenvalue weighted by Gasteiger charge is 1.92. The van der Waals surface area contributed by atoms with Crippen LogP contribution in [0.4, 0.5) is 0 Å². The number of nitrogens with zero attached hydrogens (tertiary/aromatic N) is 1. The monoisotopic (exact) mass is 193 g/mol. The van der Waals surface area contributed by atoms with E-state index >= 15 is 0 Å². The normalized spacial score (nSPS) is 12.2. The zero-order valence-corrected chi connectivity index (χ0v) is 7.52. The molecule has 0 aliphatic carbocycles. The molecule has 0 saturated carbocycles. The van der Waals surface area contributed by atoms with E-state index in [1.807, 2.05) is 6.08 Å². The molecular weight excluding hydrogens is 186 g/mol. The van der Waals surface area contributed by atoms with Crippen molar-refractivity contribution < 1.29 is 0 Å². The van der Waals surface area contributed by atoms with E-state index in [1.54, 1.807) is 12.4 Å². The summed E-state index contributed by atoms with van der Waals surface area (Å²) in [4.78, 5) is 13.4. The van der Waals surface area contributed by atoms with Gasteiger partial charge in [-0.15, -0.1) is 0 Å². The van der Waals surface area contributed by atoms with Crippen LogP contribution in [-0.2, 0) is 0 Å². The van der Waals surface area contributed by atoms with Crippen molar-refractivity contribution in [3.8, 4) is 0 Å². The van der Waals surface area contributed by atoms with Gasteiger partial charge in [0.2, 0.25) is 0 Å². The van der Waals surface area contributed by atoms with E-state index in [4.69, 9.17) is 0 Å². The number of H-pyrrole nitrogens is 2. The Kier molecular flexibility index (Phi) is 1.86. The van der Waals surface area contributed by atoms with Crippen LogP contribution in [0.25, 0.3) is 12.7 Å². The molecule has 4 nitrogen and oxygen atoms in total. The summed E-state index contributed by atoms with van der Waals surface area (Å²) in [6.07, 6.45) is 5.29. The first-order chi connectivity index (χ1) is 6.25. The molecule has 0 aromatic carbocycles. The van der Waals surface area contributed by atoms with Gasteiger partial charge in [0.05, 0.1) is 16.1 Å². The largest absolute Gasteiger partial charge is 0.313 e. The summed E-state index contributed by atoms with van der Waals surface area (Å²) in [6.45, 7) is 3.71. The lowest BCUT2D eigenvalue weighted by Crippen LogP contribution is -2.19. The van der Waals surface area contributed by atoms with Gasteiger partial charge in [0.1, 0.15) is 0 Å². The van der Waals surface area contributed by atoms with E-state index in [9.17, 15) is 4.79 Å². The van der Waals surface area contributed by atoms with Crippen molar-refractivity contribution in [2.75, 3.05) is 0 Å². The maximum absolute atomic E-state index is 10.9. The minimum absolute atomic E-state index is 0.0836. The predicted molar refractivity (Wildman–Crippen MR) is 51.9 cm³/mol. The van der Waals surface area contributed by atoms with Gasteiger partial charge in [-0.1, -0.05) is 17.9 Å². The SMILES string of the molecule is C=c1[nH]c(=O)s/c1=C\c1cn[nH]c1. The third-order valence-electron chi connectivity index (χ3n) is 1.57. The fourth-order valence-electron chi connectivity index (χ4n) is 0.980. The molecule has 0 unspecified atom stereocenters. The Morgan fingerprint density at radius 2 is 2.46 bits per heavy atom. The number of hydrogen-bond donors (Lipinski definition) is 2. The third kappa shape index (κ3) is 1.59. The molecular formula is C8H7N3OS. The molecule has 0 aliphatic heterocycles. The number of hydrogen-bond acceptors (Lipinski definition) is 3. The molecule has 2 aromatic heterocycles. The van der Waals surface area contributed by atoms with Crippen molar-refractivity contribution in [2.45, 2.75) is 0 Å². The zero-order valence-electron chi connectivity index (χ0n) is 6.70. The number of thiazole rings is 1. The van der Waals surface area contributed by atoms with Crippen LogP contribution in [0.2, 0.25) is 0 Å². The highest BCUT2D eigenvalue weighted by Crippen LogP contribution is 1.92. The molecule has 13 heavy (non-hydrogen) atoms. The number of nitrogens with one attached hydrogen (secondary N) is 2. The van der Waals surface area contributed by atoms with Crippen LogP contribution in [0.5, 0.6) is 0 Å². The summed E-state index contributed by atoms with van der Waals surface area (Å²) in [5.41, 5.74) is 0.931. The third-order valence-corrected chi connectivity index (χ3v) is 2.44. The summed E-state index contributed by atoms with van der Waals surface area (Å²) in [5, 5.41) is 7.13. The van der Waals surface area contributed by atoms with E-state index in [0.717, 1.165) is 21.4 Å². The van der Waals surface area contributed by atoms with Gasteiger partial charge < -0.3 is 4.98 Å². The lowest BCUT2D eigenvalue weighted by Gasteiger charge is -1.76. The molecule has 0 atom stereocenters. The molecule has 2 aromatic rings. The van der Waals surface area contributed by atoms with E-state index in [2.05, 4.69) is 21.8 Å². The molecule has 0 fully saturated rings. The molecule has 2 N–H and O–H groups in total. The van der Waals surface area contributed by atoms with Gasteiger partial charge in [-0.3, -0.25) is 9.89 Å². The minimum Gasteiger partial charge on any atom is -0.313 e. The fraction of sp³-hybridized carbons (Fsp3) is 0. The summed E-state index contributed by atoms with van der Waals surface area (Å²) < 4.78 is 0.839. The molecule has 5 heteroatoms. The zero-order chi connectivity index (χ0) is 9.26. The van der Waals surface area contributed by atoms with Crippen LogP contribution in [0.1, 0.15) is 5.56 Å². The number of aromatic amines is 2. The van der Waals surface area contributed by atoms with Crippen LogP contribution in [-0.4, -0.2) is 15.2 Å². The van der Waals surface area contributed by atoms with Crippen molar-refractivity contribution in [1.29, 1.82) is 0 Å². The Bertz CT molecular complexity index is 549. The molecule has 0 radical (unpaired) electrons. The summed E-state index contributed by atoms with van der Waals surface area (Å²) in [5.74, 6) is 0. The van der Waals surface area contributed by atoms with Gasteiger partial charge in [0, 0.05) is 11.8 Å². The standard InChI is InChI=1S/C8H7N3OS/c1-5-7(13-8(12)11-5)2-6-3-9-10-4-6/h2-4H,1H2,(H,9,10)(H,11,12)/b7-2-. The highest BCUT2D eigenvalue weighted by molar-refractivity contribution is 7.07. The average molecular weight is 193 g/mol. The molecule has 0 aliphatic rings. The molecule has 0 spiro atoms. The molecule has 0 saturated heterocycles. The summed E-state index contributed by atoms with van der Waals surface area (Å²) >= 11 is 1.14. The number of rotatable bonds is 1. The van der Waals surface area contributed by atoms with Crippen molar-refractivity contribution in [1.82, 2.24) is 15.2 Å². The Morgan fingerprint density at radius 1 is 1.62 bits per heavy atom. The Labute approximate surface area is 77.3 Å². The highest BCUT2D eigenvalue weighted by atomic mass is 32.1. The van der Waals surface area contributed by atoms with Crippen LogP contribution in [0.15, 0.2) is 17.2 Å². The molecule has 0 bridgehead atoms. The first-order valence-electron chi connectivity index (χ1n) is 3.64. The van der Waals surface area contributed by atoms with Gasteiger partial charge in [-0.05, 0) is 6.08 Å². The first kappa shape index (κ1) is 8.00. The predicted octanol–water partition coefficient (Wildman–Crippen LogP) is -0.601. The summed E-state index contributed by atoms with van der Waals surface area (Å²) in [6, 6.07) is 0. The fourth-order valence-corrected chi connectivity index (χ4v) is 1.72. The van der Waals surface area contributed by atoms with Crippen LogP contribution < -0.4 is 14.8 Å². The molecule has 2 heterocycles. The maximum Gasteiger partial charge on any atom is 0.305 e. The summed E-state index contributed by atoms with van der Waals surface area (Å²) in [7, 11) is 0.